The first-order chi connectivity index (χ1) is 14.2. The maximum Gasteiger partial charge on any atom is 0.196 e. The molecule has 5 nitrogen and oxygen atoms in total. The predicted octanol–water partition coefficient (Wildman–Crippen LogP) is 4.28. The van der Waals surface area contributed by atoms with E-state index >= 15 is 0 Å². The highest BCUT2D eigenvalue weighted by atomic mass is 32.2. The molecular weight excluding hydrogens is 414 g/mol. The van der Waals surface area contributed by atoms with Gasteiger partial charge in [0, 0.05) is 17.9 Å². The topological polar surface area (TPSA) is 69.7 Å². The fourth-order valence-electron chi connectivity index (χ4n) is 3.01. The second-order valence-electron chi connectivity index (χ2n) is 6.50. The normalized spacial score (nSPS) is 11.2. The molecule has 8 heteroatoms. The first-order valence-electron chi connectivity index (χ1n) is 8.72. The van der Waals surface area contributed by atoms with Crippen LogP contribution in [0.1, 0.15) is 15.9 Å². The fourth-order valence-corrected chi connectivity index (χ4v) is 3.64. The van der Waals surface area contributed by atoms with E-state index in [-0.39, 0.29) is 21.8 Å². The van der Waals surface area contributed by atoms with Crippen LogP contribution in [0.15, 0.2) is 59.5 Å². The maximum atomic E-state index is 14.2. The smallest absolute Gasteiger partial charge is 0.196 e. The third kappa shape index (κ3) is 4.18. The average Bonchev–Trinajstić information content (AvgIpc) is 2.71. The molecule has 0 unspecified atom stereocenters. The van der Waals surface area contributed by atoms with Crippen molar-refractivity contribution in [3.63, 3.8) is 0 Å². The van der Waals surface area contributed by atoms with Gasteiger partial charge in [-0.2, -0.15) is 0 Å². The molecule has 156 valence electrons. The Kier molecular flexibility index (Phi) is 5.89. The van der Waals surface area contributed by atoms with Gasteiger partial charge in [0.1, 0.15) is 11.6 Å². The minimum atomic E-state index is -3.40. The zero-order valence-electron chi connectivity index (χ0n) is 16.4. The molecule has 0 saturated heterocycles. The van der Waals surface area contributed by atoms with Crippen LogP contribution in [-0.2, 0) is 9.84 Å². The van der Waals surface area contributed by atoms with Gasteiger partial charge in [-0.25, -0.2) is 17.2 Å². The van der Waals surface area contributed by atoms with E-state index in [2.05, 4.69) is 0 Å². The molecule has 0 atom stereocenters. The van der Waals surface area contributed by atoms with Crippen LogP contribution < -0.4 is 9.47 Å². The zero-order valence-corrected chi connectivity index (χ0v) is 17.2. The van der Waals surface area contributed by atoms with Gasteiger partial charge in [-0.05, 0) is 47.5 Å². The van der Waals surface area contributed by atoms with E-state index in [1.165, 1.54) is 44.6 Å². The highest BCUT2D eigenvalue weighted by Crippen LogP contribution is 2.37. The fraction of sp³-hybridized carbons (Fsp3) is 0.136. The number of methoxy groups -OCH3 is 2. The third-order valence-electron chi connectivity index (χ3n) is 4.54. The summed E-state index contributed by atoms with van der Waals surface area (Å²) in [7, 11) is -0.581. The second-order valence-corrected chi connectivity index (χ2v) is 8.52. The molecule has 3 aromatic rings. The highest BCUT2D eigenvalue weighted by Gasteiger charge is 2.22. The Labute approximate surface area is 172 Å². The number of rotatable bonds is 6. The van der Waals surface area contributed by atoms with E-state index in [1.54, 1.807) is 6.07 Å². The van der Waals surface area contributed by atoms with Gasteiger partial charge in [0.25, 0.3) is 0 Å². The molecule has 0 saturated carbocycles. The maximum absolute atomic E-state index is 14.2. The largest absolute Gasteiger partial charge is 0.493 e. The van der Waals surface area contributed by atoms with Crippen molar-refractivity contribution in [3.8, 4) is 22.6 Å². The number of benzene rings is 3. The Morgan fingerprint density at radius 3 is 1.97 bits per heavy atom. The van der Waals surface area contributed by atoms with Crippen molar-refractivity contribution in [1.29, 1.82) is 0 Å². The molecule has 0 radical (unpaired) electrons. The number of halogens is 2. The molecule has 0 spiro atoms. The number of carbonyl (C=O) groups is 1. The predicted molar refractivity (Wildman–Crippen MR) is 108 cm³/mol. The molecule has 0 heterocycles. The van der Waals surface area contributed by atoms with Gasteiger partial charge in [0.2, 0.25) is 0 Å². The summed E-state index contributed by atoms with van der Waals surface area (Å²) in [4.78, 5) is 13.2. The average molecular weight is 432 g/mol. The SMILES string of the molecule is COc1cc(C(=O)c2ccc(F)cc2F)c(-c2ccc(S(C)(=O)=O)cc2)cc1OC. The summed E-state index contributed by atoms with van der Waals surface area (Å²) in [5, 5.41) is 0. The van der Waals surface area contributed by atoms with E-state index in [9.17, 15) is 22.0 Å². The van der Waals surface area contributed by atoms with E-state index in [4.69, 9.17) is 9.47 Å². The Balaban J connectivity index is 2.22. The molecule has 0 aliphatic carbocycles. The Morgan fingerprint density at radius 2 is 1.43 bits per heavy atom. The van der Waals surface area contributed by atoms with Gasteiger partial charge < -0.3 is 9.47 Å². The first-order valence-corrected chi connectivity index (χ1v) is 10.6. The van der Waals surface area contributed by atoms with Gasteiger partial charge >= 0.3 is 0 Å². The van der Waals surface area contributed by atoms with E-state index in [0.717, 1.165) is 18.4 Å². The minimum Gasteiger partial charge on any atom is -0.493 e. The van der Waals surface area contributed by atoms with Gasteiger partial charge in [-0.1, -0.05) is 12.1 Å². The van der Waals surface area contributed by atoms with Crippen molar-refractivity contribution in [2.24, 2.45) is 0 Å². The molecule has 0 aliphatic heterocycles. The van der Waals surface area contributed by atoms with Crippen LogP contribution >= 0.6 is 0 Å². The summed E-state index contributed by atoms with van der Waals surface area (Å²) < 4.78 is 61.5. The standard InChI is InChI=1S/C22H18F2O5S/c1-28-20-11-17(13-4-7-15(8-5-13)30(3,26)27)18(12-21(20)29-2)22(25)16-9-6-14(23)10-19(16)24/h4-12H,1-3H3. The molecule has 30 heavy (non-hydrogen) atoms. The second kappa shape index (κ2) is 8.23. The van der Waals surface area contributed by atoms with E-state index < -0.39 is 27.3 Å². The van der Waals surface area contributed by atoms with Gasteiger partial charge in [-0.3, -0.25) is 4.79 Å². The summed E-state index contributed by atoms with van der Waals surface area (Å²) in [6.07, 6.45) is 1.09. The highest BCUT2D eigenvalue weighted by molar-refractivity contribution is 7.90. The third-order valence-corrected chi connectivity index (χ3v) is 5.67. The van der Waals surface area contributed by atoms with Crippen LogP contribution in [-0.4, -0.2) is 34.7 Å². The number of carbonyl (C=O) groups excluding carboxylic acids is 1. The van der Waals surface area contributed by atoms with Crippen LogP contribution in [0.25, 0.3) is 11.1 Å². The number of ketones is 1. The number of hydrogen-bond acceptors (Lipinski definition) is 5. The molecule has 0 N–H and O–H groups in total. The molecule has 0 bridgehead atoms. The molecule has 0 aromatic heterocycles. The number of sulfone groups is 1. The molecule has 0 aliphatic rings. The van der Waals surface area contributed by atoms with Crippen molar-refractivity contribution in [2.75, 3.05) is 20.5 Å². The van der Waals surface area contributed by atoms with E-state index in [0.29, 0.717) is 22.9 Å². The van der Waals surface area contributed by atoms with Crippen molar-refractivity contribution in [2.45, 2.75) is 4.90 Å². The lowest BCUT2D eigenvalue weighted by atomic mass is 9.93. The summed E-state index contributed by atoms with van der Waals surface area (Å²) in [6.45, 7) is 0. The van der Waals surface area contributed by atoms with Crippen LogP contribution in [0.5, 0.6) is 11.5 Å². The lowest BCUT2D eigenvalue weighted by molar-refractivity contribution is 0.103. The molecule has 3 aromatic carbocycles. The number of hydrogen-bond donors (Lipinski definition) is 0. The summed E-state index contributed by atoms with van der Waals surface area (Å²) >= 11 is 0. The van der Waals surface area contributed by atoms with E-state index in [1.807, 2.05) is 0 Å². The molecular formula is C22H18F2O5S. The van der Waals surface area contributed by atoms with Crippen molar-refractivity contribution in [3.05, 3.63) is 77.4 Å². The first kappa shape index (κ1) is 21.4. The Hall–Kier alpha value is -3.26. The minimum absolute atomic E-state index is 0.0882. The molecule has 3 rings (SSSR count). The summed E-state index contributed by atoms with van der Waals surface area (Å²) in [5.41, 5.74) is 0.665. The van der Waals surface area contributed by atoms with Crippen LogP contribution in [0.4, 0.5) is 8.78 Å². The number of ether oxygens (including phenoxy) is 2. The summed E-state index contributed by atoms with van der Waals surface area (Å²) in [6, 6.07) is 11.5. The Morgan fingerprint density at radius 1 is 0.833 bits per heavy atom. The van der Waals surface area contributed by atoms with Gasteiger partial charge in [0.15, 0.2) is 27.1 Å². The van der Waals surface area contributed by atoms with Crippen molar-refractivity contribution in [1.82, 2.24) is 0 Å². The summed E-state index contributed by atoms with van der Waals surface area (Å²) in [5.74, 6) is -1.90. The van der Waals surface area contributed by atoms with Crippen molar-refractivity contribution >= 4 is 15.6 Å². The van der Waals surface area contributed by atoms with Crippen LogP contribution in [0.3, 0.4) is 0 Å². The zero-order chi connectivity index (χ0) is 22.1. The lowest BCUT2D eigenvalue weighted by Gasteiger charge is -2.15. The molecule has 0 fully saturated rings. The van der Waals surface area contributed by atoms with Crippen LogP contribution in [0.2, 0.25) is 0 Å². The molecule has 0 amide bonds. The van der Waals surface area contributed by atoms with Gasteiger partial charge in [0.05, 0.1) is 24.7 Å². The quantitative estimate of drug-likeness (QED) is 0.544. The Bertz CT molecular complexity index is 1220. The monoisotopic (exact) mass is 432 g/mol. The van der Waals surface area contributed by atoms with Gasteiger partial charge in [-0.15, -0.1) is 0 Å². The lowest BCUT2D eigenvalue weighted by Crippen LogP contribution is -2.08. The van der Waals surface area contributed by atoms with Crippen LogP contribution in [0, 0.1) is 11.6 Å². The van der Waals surface area contributed by atoms with Crippen molar-refractivity contribution < 1.29 is 31.5 Å².